The van der Waals surface area contributed by atoms with E-state index in [0.717, 1.165) is 5.75 Å². The number of methoxy groups -OCH3 is 1. The number of nitrogens with zero attached hydrogens (tertiary/aromatic N) is 2. The van der Waals surface area contributed by atoms with E-state index in [4.69, 9.17) is 27.7 Å². The molecule has 1 aromatic carbocycles. The molecule has 0 saturated carbocycles. The quantitative estimate of drug-likeness (QED) is 0.561. The maximum absolute atomic E-state index is 8.74. The fourth-order valence-corrected chi connectivity index (χ4v) is 0.649. The molecule has 0 aliphatic carbocycles. The summed E-state index contributed by atoms with van der Waals surface area (Å²) >= 11 is 0. The van der Waals surface area contributed by atoms with Crippen LogP contribution < -0.4 is 4.74 Å². The maximum atomic E-state index is 8.74. The minimum absolute atomic E-state index is 0.529. The van der Waals surface area contributed by atoms with Crippen LogP contribution in [0.25, 0.3) is 4.98 Å². The van der Waals surface area contributed by atoms with Gasteiger partial charge in [-0.15, -0.1) is 0 Å². The van der Waals surface area contributed by atoms with Crippen LogP contribution in [-0.4, -0.2) is 24.6 Å². The Labute approximate surface area is 86.5 Å². The molecule has 0 radical (unpaired) electrons. The summed E-state index contributed by atoms with van der Waals surface area (Å²) in [5.74, 6) is 0.757. The first kappa shape index (κ1) is 13.3. The molecule has 0 saturated heterocycles. The van der Waals surface area contributed by atoms with Crippen LogP contribution >= 0.6 is 0 Å². The molecule has 0 spiro atoms. The van der Waals surface area contributed by atoms with E-state index in [1.807, 2.05) is 0 Å². The molecule has 1 rings (SSSR count). The smallest absolute Gasteiger partial charge is 0.394 e. The van der Waals surface area contributed by atoms with Crippen molar-refractivity contribution in [1.29, 1.82) is 5.39 Å². The molecular weight excluding hydrogens is 224 g/mol. The lowest BCUT2D eigenvalue weighted by Crippen LogP contribution is -1.89. The van der Waals surface area contributed by atoms with Gasteiger partial charge in [0.15, 0.2) is 4.98 Å². The van der Waals surface area contributed by atoms with Gasteiger partial charge in [-0.2, -0.15) is 8.42 Å². The van der Waals surface area contributed by atoms with Gasteiger partial charge in [-0.05, 0) is 12.1 Å². The number of diazo groups is 1. The molecule has 0 amide bonds. The molecular formula is C7H9N2O5S+. The zero-order chi connectivity index (χ0) is 11.9. The van der Waals surface area contributed by atoms with Crippen LogP contribution in [0.1, 0.15) is 0 Å². The minimum atomic E-state index is -4.67. The Bertz CT molecular complexity index is 425. The van der Waals surface area contributed by atoms with Gasteiger partial charge in [-0.25, -0.2) is 0 Å². The molecule has 8 heteroatoms. The summed E-state index contributed by atoms with van der Waals surface area (Å²) in [6.07, 6.45) is 0. The Morgan fingerprint density at radius 2 is 1.67 bits per heavy atom. The van der Waals surface area contributed by atoms with Gasteiger partial charge >= 0.3 is 16.1 Å². The van der Waals surface area contributed by atoms with Crippen LogP contribution in [0.15, 0.2) is 24.3 Å². The fraction of sp³-hybridized carbons (Fsp3) is 0.143. The predicted octanol–water partition coefficient (Wildman–Crippen LogP) is 1.53. The molecule has 1 aromatic rings. The molecule has 15 heavy (non-hydrogen) atoms. The van der Waals surface area contributed by atoms with E-state index in [-0.39, 0.29) is 0 Å². The van der Waals surface area contributed by atoms with Crippen LogP contribution in [0, 0.1) is 5.39 Å². The summed E-state index contributed by atoms with van der Waals surface area (Å²) < 4.78 is 36.5. The highest BCUT2D eigenvalue weighted by molar-refractivity contribution is 7.79. The Morgan fingerprint density at radius 1 is 1.27 bits per heavy atom. The first-order chi connectivity index (χ1) is 6.86. The van der Waals surface area contributed by atoms with E-state index >= 15 is 0 Å². The molecule has 0 fully saturated rings. The summed E-state index contributed by atoms with van der Waals surface area (Å²) in [6, 6.07) is 6.79. The van der Waals surface area contributed by atoms with E-state index in [9.17, 15) is 0 Å². The fourth-order valence-electron chi connectivity index (χ4n) is 0.649. The molecule has 7 nitrogen and oxygen atoms in total. The summed E-state index contributed by atoms with van der Waals surface area (Å²) in [5, 5.41) is 8.29. The number of benzene rings is 1. The van der Waals surface area contributed by atoms with Crippen molar-refractivity contribution in [2.24, 2.45) is 0 Å². The average Bonchev–Trinajstić information content (AvgIpc) is 2.15. The summed E-state index contributed by atoms with van der Waals surface area (Å²) in [4.78, 5) is 2.99. The Morgan fingerprint density at radius 3 is 1.93 bits per heavy atom. The first-order valence-electron chi connectivity index (χ1n) is 3.56. The van der Waals surface area contributed by atoms with Crippen LogP contribution in [0.4, 0.5) is 5.69 Å². The molecule has 0 atom stereocenters. The second-order valence-corrected chi connectivity index (χ2v) is 3.14. The van der Waals surface area contributed by atoms with E-state index < -0.39 is 10.4 Å². The topological polar surface area (TPSA) is 112 Å². The summed E-state index contributed by atoms with van der Waals surface area (Å²) in [5.41, 5.74) is 0.529. The van der Waals surface area contributed by atoms with Gasteiger partial charge < -0.3 is 4.74 Å². The molecule has 0 aromatic heterocycles. The van der Waals surface area contributed by atoms with Gasteiger partial charge in [0.2, 0.25) is 5.39 Å². The van der Waals surface area contributed by atoms with Crippen molar-refractivity contribution >= 4 is 16.1 Å². The van der Waals surface area contributed by atoms with Crippen molar-refractivity contribution in [2.45, 2.75) is 0 Å². The zero-order valence-electron chi connectivity index (χ0n) is 7.73. The molecule has 0 aliphatic rings. The van der Waals surface area contributed by atoms with Crippen LogP contribution in [0.2, 0.25) is 0 Å². The normalized spacial score (nSPS) is 9.47. The number of hydrogen-bond acceptors (Lipinski definition) is 4. The number of rotatable bonds is 1. The third-order valence-corrected chi connectivity index (χ3v) is 1.19. The van der Waals surface area contributed by atoms with Crippen molar-refractivity contribution in [1.82, 2.24) is 0 Å². The molecule has 0 unspecified atom stereocenters. The lowest BCUT2D eigenvalue weighted by atomic mass is 10.3. The van der Waals surface area contributed by atoms with Crippen LogP contribution in [0.5, 0.6) is 5.75 Å². The second-order valence-electron chi connectivity index (χ2n) is 2.25. The molecule has 82 valence electrons. The molecule has 0 aliphatic heterocycles. The van der Waals surface area contributed by atoms with Gasteiger partial charge in [0.1, 0.15) is 5.75 Å². The molecule has 0 heterocycles. The summed E-state index contributed by atoms with van der Waals surface area (Å²) in [6.45, 7) is 0. The van der Waals surface area contributed by atoms with Crippen molar-refractivity contribution < 1.29 is 22.3 Å². The number of ether oxygens (including phenoxy) is 1. The molecule has 2 N–H and O–H groups in total. The van der Waals surface area contributed by atoms with Gasteiger partial charge in [-0.3, -0.25) is 9.11 Å². The Hall–Kier alpha value is -1.69. The lowest BCUT2D eigenvalue weighted by molar-refractivity contribution is 0.381. The first-order valence-corrected chi connectivity index (χ1v) is 4.95. The standard InChI is InChI=1S/C7H7N2O.H2O4S/c1-10-7-4-2-6(9-8)3-5-7;1-5(2,3)4/h2-5H,1H3;(H2,1,2,3,4)/q+1;. The average molecular weight is 233 g/mol. The van der Waals surface area contributed by atoms with Crippen molar-refractivity contribution in [3.8, 4) is 5.75 Å². The van der Waals surface area contributed by atoms with E-state index in [0.29, 0.717) is 5.69 Å². The SMILES string of the molecule is COc1ccc([N+]#N)cc1.O=S(=O)(O)O. The van der Waals surface area contributed by atoms with Crippen molar-refractivity contribution in [3.63, 3.8) is 0 Å². The van der Waals surface area contributed by atoms with E-state index in [1.54, 1.807) is 31.4 Å². The third-order valence-electron chi connectivity index (χ3n) is 1.19. The second kappa shape index (κ2) is 5.92. The Kier molecular flexibility index (Phi) is 5.25. The van der Waals surface area contributed by atoms with Crippen LogP contribution in [0.3, 0.4) is 0 Å². The van der Waals surface area contributed by atoms with E-state index in [1.165, 1.54) is 0 Å². The maximum Gasteiger partial charge on any atom is 0.394 e. The predicted molar refractivity (Wildman–Crippen MR) is 51.9 cm³/mol. The van der Waals surface area contributed by atoms with Gasteiger partial charge in [-0.1, -0.05) is 0 Å². The summed E-state index contributed by atoms with van der Waals surface area (Å²) in [7, 11) is -3.08. The van der Waals surface area contributed by atoms with Gasteiger partial charge in [0.25, 0.3) is 0 Å². The third kappa shape index (κ3) is 8.63. The monoisotopic (exact) mass is 233 g/mol. The van der Waals surface area contributed by atoms with Crippen molar-refractivity contribution in [3.05, 3.63) is 29.2 Å². The molecule has 0 bridgehead atoms. The highest BCUT2D eigenvalue weighted by atomic mass is 32.3. The zero-order valence-corrected chi connectivity index (χ0v) is 8.55. The highest BCUT2D eigenvalue weighted by Crippen LogP contribution is 2.16. The van der Waals surface area contributed by atoms with E-state index in [2.05, 4.69) is 4.98 Å². The van der Waals surface area contributed by atoms with Crippen molar-refractivity contribution in [2.75, 3.05) is 7.11 Å². The highest BCUT2D eigenvalue weighted by Gasteiger charge is 2.01. The van der Waals surface area contributed by atoms with Gasteiger partial charge in [0.05, 0.1) is 7.11 Å². The lowest BCUT2D eigenvalue weighted by Gasteiger charge is -1.93. The minimum Gasteiger partial charge on any atom is -0.497 e. The Balaban J connectivity index is 0.000000336. The van der Waals surface area contributed by atoms with Gasteiger partial charge in [0, 0.05) is 12.1 Å². The number of hydrogen-bond donors (Lipinski definition) is 2. The van der Waals surface area contributed by atoms with Crippen LogP contribution in [-0.2, 0) is 10.4 Å². The largest absolute Gasteiger partial charge is 0.497 e.